The molecule has 1 aliphatic heterocycles. The largest absolute Gasteiger partial charge is 0.324 e. The molecule has 1 saturated carbocycles. The lowest BCUT2D eigenvalue weighted by Crippen LogP contribution is -2.44. The van der Waals surface area contributed by atoms with Crippen molar-refractivity contribution < 1.29 is 4.79 Å². The van der Waals surface area contributed by atoms with Gasteiger partial charge in [-0.1, -0.05) is 48.5 Å². The van der Waals surface area contributed by atoms with Crippen molar-refractivity contribution in [2.24, 2.45) is 11.8 Å². The van der Waals surface area contributed by atoms with Gasteiger partial charge >= 0.3 is 0 Å². The molecule has 1 N–H and O–H groups in total. The van der Waals surface area contributed by atoms with Crippen LogP contribution in [-0.4, -0.2) is 30.4 Å². The molecule has 2 atom stereocenters. The Morgan fingerprint density at radius 2 is 1.95 bits per heavy atom. The van der Waals surface area contributed by atoms with E-state index in [0.29, 0.717) is 22.3 Å². The maximum atomic E-state index is 12.2. The molecule has 0 aromatic heterocycles. The average molecular weight is 341 g/mol. The minimum Gasteiger partial charge on any atom is -0.324 e. The third-order valence-electron chi connectivity index (χ3n) is 4.97. The highest BCUT2D eigenvalue weighted by atomic mass is 35.5. The predicted molar refractivity (Wildman–Crippen MR) is 91.6 cm³/mol. The van der Waals surface area contributed by atoms with Gasteiger partial charge in [0.2, 0.25) is 5.91 Å². The van der Waals surface area contributed by atoms with E-state index in [2.05, 4.69) is 10.2 Å². The van der Waals surface area contributed by atoms with Gasteiger partial charge in [0.25, 0.3) is 0 Å². The molecule has 1 aromatic rings. The Kier molecular flexibility index (Phi) is 5.27. The first-order valence-corrected chi connectivity index (χ1v) is 8.85. The van der Waals surface area contributed by atoms with Crippen molar-refractivity contribution in [3.05, 3.63) is 28.2 Å². The van der Waals surface area contributed by atoms with E-state index in [4.69, 9.17) is 23.2 Å². The molecule has 1 saturated heterocycles. The van der Waals surface area contributed by atoms with Crippen LogP contribution in [-0.2, 0) is 4.79 Å². The van der Waals surface area contributed by atoms with Crippen molar-refractivity contribution in [1.82, 2.24) is 4.90 Å². The van der Waals surface area contributed by atoms with Gasteiger partial charge in [0.15, 0.2) is 0 Å². The topological polar surface area (TPSA) is 32.3 Å². The number of hydrogen-bond acceptors (Lipinski definition) is 2. The highest BCUT2D eigenvalue weighted by Gasteiger charge is 2.31. The molecule has 2 fully saturated rings. The summed E-state index contributed by atoms with van der Waals surface area (Å²) in [5, 5.41) is 3.74. The predicted octanol–water partition coefficient (Wildman–Crippen LogP) is 4.44. The van der Waals surface area contributed by atoms with E-state index in [1.54, 1.807) is 18.2 Å². The number of anilines is 1. The van der Waals surface area contributed by atoms with E-state index in [1.807, 2.05) is 0 Å². The number of piperidine rings is 1. The fraction of sp³-hybridized carbons (Fsp3) is 0.588. The summed E-state index contributed by atoms with van der Waals surface area (Å²) in [6.45, 7) is 2.52. The fourth-order valence-corrected chi connectivity index (χ4v) is 4.16. The molecular formula is C17H22Cl2N2O. The van der Waals surface area contributed by atoms with Crippen LogP contribution in [0.25, 0.3) is 0 Å². The highest BCUT2D eigenvalue weighted by molar-refractivity contribution is 6.43. The first-order valence-electron chi connectivity index (χ1n) is 8.09. The summed E-state index contributed by atoms with van der Waals surface area (Å²) >= 11 is 12.1. The normalized spacial score (nSPS) is 25.5. The minimum absolute atomic E-state index is 0.0153. The lowest BCUT2D eigenvalue weighted by molar-refractivity contribution is -0.118. The minimum atomic E-state index is -0.0153. The molecular weight excluding hydrogens is 319 g/mol. The van der Waals surface area contributed by atoms with Gasteiger partial charge < -0.3 is 5.32 Å². The molecule has 0 unspecified atom stereocenters. The van der Waals surface area contributed by atoms with Gasteiger partial charge in [0.05, 0.1) is 22.3 Å². The summed E-state index contributed by atoms with van der Waals surface area (Å²) in [5.74, 6) is 1.65. The Balaban J connectivity index is 1.54. The van der Waals surface area contributed by atoms with E-state index in [9.17, 15) is 4.79 Å². The van der Waals surface area contributed by atoms with E-state index >= 15 is 0 Å². The maximum absolute atomic E-state index is 12.2. The second-order valence-electron chi connectivity index (χ2n) is 6.48. The van der Waals surface area contributed by atoms with Gasteiger partial charge in [-0.05, 0) is 43.4 Å². The number of carbonyl (C=O) groups excluding carboxylic acids is 1. The number of nitrogens with zero attached hydrogens (tertiary/aromatic N) is 1. The van der Waals surface area contributed by atoms with Crippen LogP contribution in [0.4, 0.5) is 5.69 Å². The van der Waals surface area contributed by atoms with Gasteiger partial charge in [-0.2, -0.15) is 0 Å². The van der Waals surface area contributed by atoms with Gasteiger partial charge in [-0.3, -0.25) is 9.69 Å². The Labute approximate surface area is 142 Å². The molecule has 0 spiro atoms. The van der Waals surface area contributed by atoms with Crippen molar-refractivity contribution >= 4 is 34.8 Å². The number of halogens is 2. The molecule has 22 heavy (non-hydrogen) atoms. The molecule has 3 nitrogen and oxygen atoms in total. The lowest BCUT2D eigenvalue weighted by atomic mass is 9.75. The zero-order valence-electron chi connectivity index (χ0n) is 12.7. The van der Waals surface area contributed by atoms with Crippen molar-refractivity contribution in [2.45, 2.75) is 32.1 Å². The standard InChI is InChI=1S/C17H22Cl2N2O/c18-14-6-3-7-15(17(14)19)20-16(22)11-21-9-8-12-4-1-2-5-13(12)10-21/h3,6-7,12-13H,1-2,4-5,8-11H2,(H,20,22)/t12-,13+/m0/s1. The molecule has 3 rings (SSSR count). The third kappa shape index (κ3) is 3.76. The molecule has 2 aliphatic rings. The fourth-order valence-electron chi connectivity index (χ4n) is 3.81. The number of nitrogens with one attached hydrogen (secondary N) is 1. The number of hydrogen-bond donors (Lipinski definition) is 1. The van der Waals surface area contributed by atoms with E-state index in [-0.39, 0.29) is 5.91 Å². The zero-order chi connectivity index (χ0) is 15.5. The molecule has 120 valence electrons. The van der Waals surface area contributed by atoms with Crippen LogP contribution in [0.2, 0.25) is 10.0 Å². The van der Waals surface area contributed by atoms with Crippen molar-refractivity contribution in [3.63, 3.8) is 0 Å². The number of carbonyl (C=O) groups is 1. The van der Waals surface area contributed by atoms with Crippen molar-refractivity contribution in [1.29, 1.82) is 0 Å². The maximum Gasteiger partial charge on any atom is 0.238 e. The quantitative estimate of drug-likeness (QED) is 0.881. The Hall–Kier alpha value is -0.770. The number of likely N-dealkylation sites (tertiary alicyclic amines) is 1. The van der Waals surface area contributed by atoms with Gasteiger partial charge in [0.1, 0.15) is 0 Å². The second-order valence-corrected chi connectivity index (χ2v) is 7.26. The van der Waals surface area contributed by atoms with E-state index < -0.39 is 0 Å². The molecule has 0 radical (unpaired) electrons. The van der Waals surface area contributed by atoms with Crippen LogP contribution < -0.4 is 5.32 Å². The SMILES string of the molecule is O=C(CN1CC[C@@H]2CCCC[C@@H]2C1)Nc1cccc(Cl)c1Cl. The van der Waals surface area contributed by atoms with E-state index in [0.717, 1.165) is 24.9 Å². The highest BCUT2D eigenvalue weighted by Crippen LogP contribution is 2.36. The first-order chi connectivity index (χ1) is 10.6. The summed E-state index contributed by atoms with van der Waals surface area (Å²) in [5.41, 5.74) is 0.590. The third-order valence-corrected chi connectivity index (χ3v) is 5.79. The lowest BCUT2D eigenvalue weighted by Gasteiger charge is -2.41. The van der Waals surface area contributed by atoms with Crippen LogP contribution in [0.5, 0.6) is 0 Å². The second kappa shape index (κ2) is 7.20. The molecule has 5 heteroatoms. The van der Waals surface area contributed by atoms with Crippen LogP contribution in [0.3, 0.4) is 0 Å². The van der Waals surface area contributed by atoms with Gasteiger partial charge in [-0.25, -0.2) is 0 Å². The number of amides is 1. The van der Waals surface area contributed by atoms with Crippen molar-refractivity contribution in [2.75, 3.05) is 25.0 Å². The monoisotopic (exact) mass is 340 g/mol. The van der Waals surface area contributed by atoms with Crippen LogP contribution >= 0.6 is 23.2 Å². The smallest absolute Gasteiger partial charge is 0.238 e. The van der Waals surface area contributed by atoms with Gasteiger partial charge in [0, 0.05) is 6.54 Å². The number of rotatable bonds is 3. The number of benzene rings is 1. The number of fused-ring (bicyclic) bond motifs is 1. The average Bonchev–Trinajstić information content (AvgIpc) is 2.52. The van der Waals surface area contributed by atoms with E-state index in [1.165, 1.54) is 32.1 Å². The summed E-state index contributed by atoms with van der Waals surface area (Å²) in [6, 6.07) is 5.28. The van der Waals surface area contributed by atoms with Gasteiger partial charge in [-0.15, -0.1) is 0 Å². The molecule has 1 aliphatic carbocycles. The summed E-state index contributed by atoms with van der Waals surface area (Å²) < 4.78 is 0. The van der Waals surface area contributed by atoms with Crippen LogP contribution in [0.15, 0.2) is 18.2 Å². The Bertz CT molecular complexity index is 549. The van der Waals surface area contributed by atoms with Crippen LogP contribution in [0, 0.1) is 11.8 Å². The molecule has 1 amide bonds. The summed E-state index contributed by atoms with van der Waals surface area (Å²) in [4.78, 5) is 14.5. The Morgan fingerprint density at radius 1 is 1.18 bits per heavy atom. The first kappa shape index (κ1) is 16.1. The summed E-state index contributed by atoms with van der Waals surface area (Å²) in [7, 11) is 0. The summed E-state index contributed by atoms with van der Waals surface area (Å²) in [6.07, 6.45) is 6.66. The Morgan fingerprint density at radius 3 is 2.77 bits per heavy atom. The zero-order valence-corrected chi connectivity index (χ0v) is 14.2. The molecule has 0 bridgehead atoms. The van der Waals surface area contributed by atoms with Crippen LogP contribution in [0.1, 0.15) is 32.1 Å². The molecule has 1 aromatic carbocycles. The molecule has 1 heterocycles. The van der Waals surface area contributed by atoms with Crippen molar-refractivity contribution in [3.8, 4) is 0 Å².